The largest absolute Gasteiger partial charge is 0.315 e. The van der Waals surface area contributed by atoms with Crippen LogP contribution in [0.4, 0.5) is 0 Å². The Morgan fingerprint density at radius 2 is 2.00 bits per heavy atom. The van der Waals surface area contributed by atoms with E-state index in [0.29, 0.717) is 10.9 Å². The second-order valence-corrected chi connectivity index (χ2v) is 3.05. The molecule has 3 nitrogen and oxygen atoms in total. The predicted octanol–water partition coefficient (Wildman–Crippen LogP) is 0.817. The first kappa shape index (κ1) is 7.00. The SMILES string of the molecule is Clc1cnc(C2CNC2)nc1. The molecular weight excluding hydrogens is 162 g/mol. The average molecular weight is 170 g/mol. The first-order chi connectivity index (χ1) is 5.36. The molecule has 0 bridgehead atoms. The maximum Gasteiger partial charge on any atom is 0.133 e. The summed E-state index contributed by atoms with van der Waals surface area (Å²) in [4.78, 5) is 8.23. The summed E-state index contributed by atoms with van der Waals surface area (Å²) in [5.74, 6) is 1.39. The summed E-state index contributed by atoms with van der Waals surface area (Å²) in [6.45, 7) is 1.98. The molecule has 1 N–H and O–H groups in total. The summed E-state index contributed by atoms with van der Waals surface area (Å²) in [5, 5.41) is 3.76. The fourth-order valence-electron chi connectivity index (χ4n) is 1.00. The van der Waals surface area contributed by atoms with Crippen molar-refractivity contribution in [1.29, 1.82) is 0 Å². The van der Waals surface area contributed by atoms with E-state index < -0.39 is 0 Å². The van der Waals surface area contributed by atoms with Crippen molar-refractivity contribution in [3.63, 3.8) is 0 Å². The minimum atomic E-state index is 0.493. The number of hydrogen-bond acceptors (Lipinski definition) is 3. The molecular formula is C7H8ClN3. The Balaban J connectivity index is 2.18. The first-order valence-corrected chi connectivity index (χ1v) is 3.92. The molecule has 1 fully saturated rings. The number of nitrogens with zero attached hydrogens (tertiary/aromatic N) is 2. The van der Waals surface area contributed by atoms with Crippen LogP contribution in [0.5, 0.6) is 0 Å². The van der Waals surface area contributed by atoms with Crippen molar-refractivity contribution in [2.75, 3.05) is 13.1 Å². The molecule has 58 valence electrons. The van der Waals surface area contributed by atoms with Gasteiger partial charge in [-0.2, -0.15) is 0 Å². The molecule has 0 atom stereocenters. The van der Waals surface area contributed by atoms with Crippen molar-refractivity contribution >= 4 is 11.6 Å². The van der Waals surface area contributed by atoms with Crippen molar-refractivity contribution in [2.24, 2.45) is 0 Å². The monoisotopic (exact) mass is 169 g/mol. The Morgan fingerprint density at radius 1 is 1.36 bits per heavy atom. The summed E-state index contributed by atoms with van der Waals surface area (Å²) in [7, 11) is 0. The van der Waals surface area contributed by atoms with Crippen molar-refractivity contribution in [3.05, 3.63) is 23.2 Å². The fourth-order valence-corrected chi connectivity index (χ4v) is 1.10. The van der Waals surface area contributed by atoms with Gasteiger partial charge in [-0.15, -0.1) is 0 Å². The van der Waals surface area contributed by atoms with Crippen molar-refractivity contribution in [1.82, 2.24) is 15.3 Å². The molecule has 0 radical (unpaired) electrons. The zero-order valence-electron chi connectivity index (χ0n) is 5.92. The van der Waals surface area contributed by atoms with E-state index in [-0.39, 0.29) is 0 Å². The van der Waals surface area contributed by atoms with Crippen LogP contribution in [0.15, 0.2) is 12.4 Å². The predicted molar refractivity (Wildman–Crippen MR) is 42.7 cm³/mol. The van der Waals surface area contributed by atoms with E-state index in [1.165, 1.54) is 0 Å². The maximum absolute atomic E-state index is 5.64. The number of rotatable bonds is 1. The molecule has 11 heavy (non-hydrogen) atoms. The lowest BCUT2D eigenvalue weighted by Gasteiger charge is -2.25. The molecule has 0 unspecified atom stereocenters. The molecule has 0 saturated carbocycles. The summed E-state index contributed by atoms with van der Waals surface area (Å²) in [6, 6.07) is 0. The Labute approximate surface area is 69.8 Å². The highest BCUT2D eigenvalue weighted by atomic mass is 35.5. The number of aromatic nitrogens is 2. The fraction of sp³-hybridized carbons (Fsp3) is 0.429. The third-order valence-electron chi connectivity index (χ3n) is 1.79. The van der Waals surface area contributed by atoms with Gasteiger partial charge < -0.3 is 5.32 Å². The van der Waals surface area contributed by atoms with Gasteiger partial charge in [-0.05, 0) is 0 Å². The summed E-state index contributed by atoms with van der Waals surface area (Å²) < 4.78 is 0. The Kier molecular flexibility index (Phi) is 1.75. The third kappa shape index (κ3) is 1.34. The maximum atomic E-state index is 5.64. The van der Waals surface area contributed by atoms with Gasteiger partial charge in [0.15, 0.2) is 0 Å². The van der Waals surface area contributed by atoms with Gasteiger partial charge in [-0.25, -0.2) is 9.97 Å². The van der Waals surface area contributed by atoms with E-state index in [0.717, 1.165) is 18.9 Å². The van der Waals surface area contributed by atoms with Crippen molar-refractivity contribution < 1.29 is 0 Å². The van der Waals surface area contributed by atoms with E-state index >= 15 is 0 Å². The van der Waals surface area contributed by atoms with Crippen LogP contribution in [0.3, 0.4) is 0 Å². The summed E-state index contributed by atoms with van der Waals surface area (Å²) >= 11 is 5.64. The van der Waals surface area contributed by atoms with Crippen molar-refractivity contribution in [3.8, 4) is 0 Å². The molecule has 1 saturated heterocycles. The topological polar surface area (TPSA) is 37.8 Å². The molecule has 2 rings (SSSR count). The summed E-state index contributed by atoms with van der Waals surface area (Å²) in [6.07, 6.45) is 3.28. The molecule has 1 aromatic rings. The van der Waals surface area contributed by atoms with E-state index in [1.54, 1.807) is 12.4 Å². The zero-order valence-corrected chi connectivity index (χ0v) is 6.67. The standard InChI is InChI=1S/C7H8ClN3/c8-6-3-10-7(11-4-6)5-1-9-2-5/h3-5,9H,1-2H2. The molecule has 4 heteroatoms. The van der Waals surface area contributed by atoms with Gasteiger partial charge in [0, 0.05) is 31.4 Å². The molecule has 2 heterocycles. The van der Waals surface area contributed by atoms with Gasteiger partial charge in [0.1, 0.15) is 5.82 Å². The second-order valence-electron chi connectivity index (χ2n) is 2.61. The molecule has 0 aliphatic carbocycles. The Morgan fingerprint density at radius 3 is 2.45 bits per heavy atom. The van der Waals surface area contributed by atoms with Gasteiger partial charge in [-0.1, -0.05) is 11.6 Å². The lowest BCUT2D eigenvalue weighted by atomic mass is 10.0. The van der Waals surface area contributed by atoms with Gasteiger partial charge in [0.25, 0.3) is 0 Å². The molecule has 0 aromatic carbocycles. The third-order valence-corrected chi connectivity index (χ3v) is 1.98. The van der Waals surface area contributed by atoms with E-state index in [4.69, 9.17) is 11.6 Å². The minimum Gasteiger partial charge on any atom is -0.315 e. The van der Waals surface area contributed by atoms with Crippen LogP contribution in [0.1, 0.15) is 11.7 Å². The quantitative estimate of drug-likeness (QED) is 0.677. The lowest BCUT2D eigenvalue weighted by molar-refractivity contribution is 0.430. The van der Waals surface area contributed by atoms with E-state index in [1.807, 2.05) is 0 Å². The van der Waals surface area contributed by atoms with Crippen LogP contribution in [0.25, 0.3) is 0 Å². The molecule has 1 aliphatic heterocycles. The van der Waals surface area contributed by atoms with Gasteiger partial charge in [0.05, 0.1) is 5.02 Å². The van der Waals surface area contributed by atoms with Gasteiger partial charge in [0.2, 0.25) is 0 Å². The normalized spacial score (nSPS) is 17.9. The first-order valence-electron chi connectivity index (χ1n) is 3.54. The van der Waals surface area contributed by atoms with Gasteiger partial charge >= 0.3 is 0 Å². The molecule has 0 amide bonds. The van der Waals surface area contributed by atoms with Gasteiger partial charge in [-0.3, -0.25) is 0 Å². The van der Waals surface area contributed by atoms with Crippen LogP contribution in [0.2, 0.25) is 5.02 Å². The van der Waals surface area contributed by atoms with Crippen LogP contribution in [-0.2, 0) is 0 Å². The van der Waals surface area contributed by atoms with Crippen LogP contribution in [0, 0.1) is 0 Å². The zero-order chi connectivity index (χ0) is 7.68. The Bertz CT molecular complexity index is 242. The average Bonchev–Trinajstić information content (AvgIpc) is 1.90. The molecule has 0 spiro atoms. The number of hydrogen-bond donors (Lipinski definition) is 1. The van der Waals surface area contributed by atoms with Crippen LogP contribution < -0.4 is 5.32 Å². The minimum absolute atomic E-state index is 0.493. The lowest BCUT2D eigenvalue weighted by Crippen LogP contribution is -2.40. The second kappa shape index (κ2) is 2.75. The highest BCUT2D eigenvalue weighted by Crippen LogP contribution is 2.15. The van der Waals surface area contributed by atoms with E-state index in [9.17, 15) is 0 Å². The van der Waals surface area contributed by atoms with E-state index in [2.05, 4.69) is 15.3 Å². The highest BCUT2D eigenvalue weighted by Gasteiger charge is 2.20. The molecule has 1 aliphatic rings. The highest BCUT2D eigenvalue weighted by molar-refractivity contribution is 6.30. The number of halogens is 1. The number of nitrogens with one attached hydrogen (secondary N) is 1. The summed E-state index contributed by atoms with van der Waals surface area (Å²) in [5.41, 5.74) is 0. The van der Waals surface area contributed by atoms with Crippen molar-refractivity contribution in [2.45, 2.75) is 5.92 Å². The van der Waals surface area contributed by atoms with Crippen LogP contribution in [-0.4, -0.2) is 23.1 Å². The molecule has 1 aromatic heterocycles. The van der Waals surface area contributed by atoms with Crippen LogP contribution >= 0.6 is 11.6 Å². The smallest absolute Gasteiger partial charge is 0.133 e. The Hall–Kier alpha value is -0.670.